The van der Waals surface area contributed by atoms with Gasteiger partial charge in [-0.15, -0.1) is 0 Å². The molecule has 16 heavy (non-hydrogen) atoms. The summed E-state index contributed by atoms with van der Waals surface area (Å²) in [7, 11) is 0. The minimum atomic E-state index is -0.563. The molecule has 0 aromatic heterocycles. The summed E-state index contributed by atoms with van der Waals surface area (Å²) in [5, 5.41) is 4.23. The topological polar surface area (TPSA) is 67.5 Å². The van der Waals surface area contributed by atoms with Crippen molar-refractivity contribution in [3.8, 4) is 0 Å². The standard InChI is InChI=1S/C11H16BrN3O/c12-9-6-1-5-2-7(4-6)10(8(9)3-5)14-15-11(13)16/h5-9H,1-4H2,(H3,13,15,16). The number of primary amides is 1. The van der Waals surface area contributed by atoms with Crippen LogP contribution in [0.5, 0.6) is 0 Å². The lowest BCUT2D eigenvalue weighted by Crippen LogP contribution is -2.52. The lowest BCUT2D eigenvalue weighted by Gasteiger charge is -2.53. The number of urea groups is 1. The van der Waals surface area contributed by atoms with Crippen LogP contribution in [0.4, 0.5) is 4.79 Å². The van der Waals surface area contributed by atoms with Crippen LogP contribution >= 0.6 is 15.9 Å². The highest BCUT2D eigenvalue weighted by Gasteiger charge is 2.51. The molecule has 4 nitrogen and oxygen atoms in total. The van der Waals surface area contributed by atoms with Crippen molar-refractivity contribution >= 4 is 27.7 Å². The first-order valence-corrected chi connectivity index (χ1v) is 6.83. The second-order valence-corrected chi connectivity index (χ2v) is 6.39. The number of rotatable bonds is 1. The van der Waals surface area contributed by atoms with Crippen LogP contribution < -0.4 is 11.2 Å². The first-order chi connectivity index (χ1) is 7.65. The number of alkyl halides is 1. The van der Waals surface area contributed by atoms with Gasteiger partial charge in [0.15, 0.2) is 0 Å². The number of carbonyl (C=O) groups excluding carboxylic acids is 1. The van der Waals surface area contributed by atoms with Crippen molar-refractivity contribution in [2.45, 2.75) is 30.5 Å². The van der Waals surface area contributed by atoms with Crippen molar-refractivity contribution in [1.29, 1.82) is 0 Å². The molecule has 0 aliphatic heterocycles. The largest absolute Gasteiger partial charge is 0.350 e. The molecular weight excluding hydrogens is 270 g/mol. The van der Waals surface area contributed by atoms with Crippen molar-refractivity contribution in [2.75, 3.05) is 0 Å². The average Bonchev–Trinajstić information content (AvgIpc) is 2.23. The Labute approximate surface area is 103 Å². The Morgan fingerprint density at radius 1 is 1.38 bits per heavy atom. The van der Waals surface area contributed by atoms with Crippen LogP contribution in [-0.4, -0.2) is 16.6 Å². The predicted octanol–water partition coefficient (Wildman–Crippen LogP) is 1.84. The SMILES string of the molecule is NC(=O)NN=C1C2CC3CC(C2)C(Br)C1C3. The second kappa shape index (κ2) is 3.72. The normalized spacial score (nSPS) is 47.3. The summed E-state index contributed by atoms with van der Waals surface area (Å²) in [6.07, 6.45) is 5.08. The van der Waals surface area contributed by atoms with Gasteiger partial charge in [0.05, 0.1) is 0 Å². The number of nitrogens with one attached hydrogen (secondary N) is 1. The van der Waals surface area contributed by atoms with Gasteiger partial charge in [0, 0.05) is 16.5 Å². The van der Waals surface area contributed by atoms with Crippen molar-refractivity contribution in [3.63, 3.8) is 0 Å². The maximum absolute atomic E-state index is 10.7. The van der Waals surface area contributed by atoms with Crippen molar-refractivity contribution in [3.05, 3.63) is 0 Å². The summed E-state index contributed by atoms with van der Waals surface area (Å²) in [5.74, 6) is 2.80. The van der Waals surface area contributed by atoms with Crippen LogP contribution in [-0.2, 0) is 0 Å². The van der Waals surface area contributed by atoms with Crippen LogP contribution in [0.25, 0.3) is 0 Å². The van der Waals surface area contributed by atoms with E-state index in [9.17, 15) is 4.79 Å². The van der Waals surface area contributed by atoms with Gasteiger partial charge < -0.3 is 5.73 Å². The van der Waals surface area contributed by atoms with E-state index in [1.54, 1.807) is 0 Å². The van der Waals surface area contributed by atoms with Gasteiger partial charge in [-0.05, 0) is 43.4 Å². The maximum Gasteiger partial charge on any atom is 0.332 e. The van der Waals surface area contributed by atoms with E-state index in [4.69, 9.17) is 5.73 Å². The van der Waals surface area contributed by atoms with Crippen LogP contribution in [0.1, 0.15) is 25.7 Å². The third-order valence-corrected chi connectivity index (χ3v) is 5.74. The summed E-state index contributed by atoms with van der Waals surface area (Å²) in [6.45, 7) is 0. The van der Waals surface area contributed by atoms with Gasteiger partial charge in [0.2, 0.25) is 0 Å². The van der Waals surface area contributed by atoms with Gasteiger partial charge in [0.25, 0.3) is 0 Å². The minimum absolute atomic E-state index is 0.517. The number of hydrogen-bond acceptors (Lipinski definition) is 2. The molecule has 3 N–H and O–H groups in total. The Morgan fingerprint density at radius 2 is 2.19 bits per heavy atom. The highest BCUT2D eigenvalue weighted by Crippen LogP contribution is 2.54. The molecule has 0 heterocycles. The fraction of sp³-hybridized carbons (Fsp3) is 0.818. The van der Waals surface area contributed by atoms with Crippen LogP contribution in [0.15, 0.2) is 5.10 Å². The average molecular weight is 286 g/mol. The molecule has 2 amide bonds. The Morgan fingerprint density at radius 3 is 2.94 bits per heavy atom. The third kappa shape index (κ3) is 1.56. The van der Waals surface area contributed by atoms with Crippen LogP contribution in [0.3, 0.4) is 0 Å². The fourth-order valence-electron chi connectivity index (χ4n) is 3.88. The molecule has 4 aliphatic carbocycles. The summed E-state index contributed by atoms with van der Waals surface area (Å²) in [4.78, 5) is 11.3. The monoisotopic (exact) mass is 285 g/mol. The van der Waals surface area contributed by atoms with Gasteiger partial charge in [-0.1, -0.05) is 15.9 Å². The van der Waals surface area contributed by atoms with Crippen LogP contribution in [0, 0.1) is 23.7 Å². The quantitative estimate of drug-likeness (QED) is 0.560. The number of carbonyl (C=O) groups is 1. The number of halogens is 1. The Hall–Kier alpha value is -0.580. The zero-order chi connectivity index (χ0) is 11.3. The van der Waals surface area contributed by atoms with Gasteiger partial charge in [-0.25, -0.2) is 10.2 Å². The molecule has 4 aliphatic rings. The van der Waals surface area contributed by atoms with E-state index in [0.29, 0.717) is 16.7 Å². The third-order valence-electron chi connectivity index (χ3n) is 4.36. The molecular formula is C11H16BrN3O. The molecule has 5 atom stereocenters. The first kappa shape index (κ1) is 10.6. The molecule has 0 spiro atoms. The lowest BCUT2D eigenvalue weighted by molar-refractivity contribution is 0.117. The van der Waals surface area contributed by atoms with Crippen LogP contribution in [0.2, 0.25) is 0 Å². The minimum Gasteiger partial charge on any atom is -0.350 e. The van der Waals surface area contributed by atoms with Crippen molar-refractivity contribution in [2.24, 2.45) is 34.5 Å². The summed E-state index contributed by atoms with van der Waals surface area (Å²) < 4.78 is 0. The maximum atomic E-state index is 10.7. The molecule has 4 bridgehead atoms. The van der Waals surface area contributed by atoms with Gasteiger partial charge in [-0.2, -0.15) is 5.10 Å². The number of amides is 2. The van der Waals surface area contributed by atoms with Crippen molar-refractivity contribution < 1.29 is 4.79 Å². The summed E-state index contributed by atoms with van der Waals surface area (Å²) in [5.41, 5.74) is 8.64. The van der Waals surface area contributed by atoms with Gasteiger partial charge in [-0.3, -0.25) is 0 Å². The number of nitrogens with two attached hydrogens (primary N) is 1. The van der Waals surface area contributed by atoms with E-state index >= 15 is 0 Å². The smallest absolute Gasteiger partial charge is 0.332 e. The molecule has 0 aromatic rings. The zero-order valence-electron chi connectivity index (χ0n) is 9.03. The molecule has 4 rings (SSSR count). The van der Waals surface area contributed by atoms with E-state index in [-0.39, 0.29) is 0 Å². The molecule has 0 aromatic carbocycles. The Balaban J connectivity index is 1.85. The first-order valence-electron chi connectivity index (χ1n) is 5.92. The second-order valence-electron chi connectivity index (χ2n) is 5.33. The molecule has 5 heteroatoms. The van der Waals surface area contributed by atoms with E-state index < -0.39 is 6.03 Å². The van der Waals surface area contributed by atoms with E-state index in [1.165, 1.54) is 31.4 Å². The fourth-order valence-corrected chi connectivity index (χ4v) is 4.80. The van der Waals surface area contributed by atoms with Crippen molar-refractivity contribution in [1.82, 2.24) is 5.43 Å². The van der Waals surface area contributed by atoms with E-state index in [2.05, 4.69) is 26.5 Å². The lowest BCUT2D eigenvalue weighted by atomic mass is 9.55. The number of hydrogen-bond donors (Lipinski definition) is 2. The highest BCUT2D eigenvalue weighted by atomic mass is 79.9. The van der Waals surface area contributed by atoms with Gasteiger partial charge in [0.1, 0.15) is 0 Å². The zero-order valence-corrected chi connectivity index (χ0v) is 10.6. The van der Waals surface area contributed by atoms with E-state index in [0.717, 1.165) is 11.8 Å². The molecule has 5 unspecified atom stereocenters. The summed E-state index contributed by atoms with van der Waals surface area (Å²) >= 11 is 3.80. The molecule has 4 fully saturated rings. The molecule has 88 valence electrons. The number of nitrogens with zero attached hydrogens (tertiary/aromatic N) is 1. The Kier molecular flexibility index (Phi) is 2.46. The Bertz CT molecular complexity index is 357. The predicted molar refractivity (Wildman–Crippen MR) is 65.3 cm³/mol. The highest BCUT2D eigenvalue weighted by molar-refractivity contribution is 9.09. The van der Waals surface area contributed by atoms with Gasteiger partial charge >= 0.3 is 6.03 Å². The molecule has 0 saturated heterocycles. The molecule has 4 saturated carbocycles. The molecule has 0 radical (unpaired) electrons. The van der Waals surface area contributed by atoms with E-state index in [1.807, 2.05) is 0 Å². The summed E-state index contributed by atoms with van der Waals surface area (Å²) in [6, 6.07) is -0.563. The number of hydrazone groups is 1.